The Morgan fingerprint density at radius 1 is 1.31 bits per heavy atom. The van der Waals surface area contributed by atoms with Crippen molar-refractivity contribution in [2.45, 2.75) is 0 Å². The number of amidine groups is 1. The average molecular weight is 191 g/mol. The maximum Gasteiger partial charge on any atom is 0.188 e. The van der Waals surface area contributed by atoms with E-state index >= 15 is 0 Å². The van der Waals surface area contributed by atoms with Crippen LogP contribution in [0.1, 0.15) is 0 Å². The molecule has 66 valence electrons. The number of hydrogen-bond donors (Lipinski definition) is 1. The predicted molar refractivity (Wildman–Crippen MR) is 58.9 cm³/mol. The second-order valence-corrected chi connectivity index (χ2v) is 3.60. The standard InChI is InChI=1S/C9H9N3S/c10-7-1-3-8(4-2-7)12-9-11-5-6-13-9/h1-5H,6,10H2. The first-order chi connectivity index (χ1) is 6.34. The number of hydrogen-bond acceptors (Lipinski definition) is 3. The van der Waals surface area contributed by atoms with E-state index in [1.807, 2.05) is 30.5 Å². The van der Waals surface area contributed by atoms with Crippen molar-refractivity contribution in [1.29, 1.82) is 0 Å². The molecule has 1 aliphatic heterocycles. The summed E-state index contributed by atoms with van der Waals surface area (Å²) in [7, 11) is 0. The minimum absolute atomic E-state index is 0.756. The summed E-state index contributed by atoms with van der Waals surface area (Å²) in [5, 5.41) is 0.824. The number of aliphatic imine (C=N–C) groups is 2. The van der Waals surface area contributed by atoms with Crippen molar-refractivity contribution in [3.63, 3.8) is 0 Å². The Hall–Kier alpha value is -1.29. The van der Waals surface area contributed by atoms with Crippen LogP contribution in [0.15, 0.2) is 34.3 Å². The van der Waals surface area contributed by atoms with Crippen LogP contribution in [-0.2, 0) is 0 Å². The monoisotopic (exact) mass is 191 g/mol. The molecule has 1 aliphatic rings. The summed E-state index contributed by atoms with van der Waals surface area (Å²) < 4.78 is 0. The summed E-state index contributed by atoms with van der Waals surface area (Å²) in [4.78, 5) is 8.44. The van der Waals surface area contributed by atoms with Gasteiger partial charge in [0, 0.05) is 17.7 Å². The molecule has 4 heteroatoms. The number of benzene rings is 1. The van der Waals surface area contributed by atoms with Crippen LogP contribution in [0, 0.1) is 0 Å². The van der Waals surface area contributed by atoms with Gasteiger partial charge in [0.05, 0.1) is 5.69 Å². The second kappa shape index (κ2) is 3.62. The van der Waals surface area contributed by atoms with E-state index in [-0.39, 0.29) is 0 Å². The smallest absolute Gasteiger partial charge is 0.188 e. The number of anilines is 1. The molecule has 0 radical (unpaired) electrons. The third-order valence-corrected chi connectivity index (χ3v) is 2.38. The maximum absolute atomic E-state index is 5.55. The number of nitrogens with zero attached hydrogens (tertiary/aromatic N) is 2. The van der Waals surface area contributed by atoms with Crippen LogP contribution in [0.5, 0.6) is 0 Å². The third kappa shape index (κ3) is 2.09. The highest BCUT2D eigenvalue weighted by Gasteiger charge is 2.02. The Balaban J connectivity index is 2.22. The molecule has 1 aromatic carbocycles. The summed E-state index contributed by atoms with van der Waals surface area (Å²) in [6, 6.07) is 7.44. The van der Waals surface area contributed by atoms with Gasteiger partial charge in [-0.05, 0) is 24.3 Å². The molecule has 0 aliphatic carbocycles. The SMILES string of the molecule is Nc1ccc(N=C2N=CCS2)cc1. The van der Waals surface area contributed by atoms with Gasteiger partial charge in [-0.3, -0.25) is 0 Å². The Bertz CT molecular complexity index is 354. The minimum Gasteiger partial charge on any atom is -0.399 e. The van der Waals surface area contributed by atoms with Crippen LogP contribution in [0.2, 0.25) is 0 Å². The fourth-order valence-corrected chi connectivity index (χ4v) is 1.60. The molecular weight excluding hydrogens is 182 g/mol. The van der Waals surface area contributed by atoms with E-state index in [4.69, 9.17) is 5.73 Å². The molecule has 13 heavy (non-hydrogen) atoms. The molecule has 2 rings (SSSR count). The Morgan fingerprint density at radius 2 is 2.08 bits per heavy atom. The summed E-state index contributed by atoms with van der Waals surface area (Å²) in [5.41, 5.74) is 7.21. The molecule has 0 spiro atoms. The molecule has 1 aromatic rings. The van der Waals surface area contributed by atoms with Crippen molar-refractivity contribution < 1.29 is 0 Å². The molecule has 0 saturated heterocycles. The van der Waals surface area contributed by atoms with Crippen molar-refractivity contribution >= 4 is 34.5 Å². The summed E-state index contributed by atoms with van der Waals surface area (Å²) in [5.74, 6) is 0.924. The van der Waals surface area contributed by atoms with Crippen LogP contribution >= 0.6 is 11.8 Å². The first-order valence-electron chi connectivity index (χ1n) is 3.94. The lowest BCUT2D eigenvalue weighted by molar-refractivity contribution is 1.51. The lowest BCUT2D eigenvalue weighted by Crippen LogP contribution is -1.82. The zero-order valence-electron chi connectivity index (χ0n) is 6.97. The largest absolute Gasteiger partial charge is 0.399 e. The Morgan fingerprint density at radius 3 is 2.69 bits per heavy atom. The van der Waals surface area contributed by atoms with Crippen LogP contribution in [0.4, 0.5) is 11.4 Å². The lowest BCUT2D eigenvalue weighted by atomic mass is 10.3. The van der Waals surface area contributed by atoms with Gasteiger partial charge in [-0.25, -0.2) is 9.98 Å². The topological polar surface area (TPSA) is 50.7 Å². The second-order valence-electron chi connectivity index (χ2n) is 2.61. The Kier molecular flexibility index (Phi) is 2.31. The Labute approximate surface area is 80.8 Å². The van der Waals surface area contributed by atoms with Crippen LogP contribution in [0.25, 0.3) is 0 Å². The zero-order chi connectivity index (χ0) is 9.10. The fraction of sp³-hybridized carbons (Fsp3) is 0.111. The van der Waals surface area contributed by atoms with Crippen molar-refractivity contribution in [2.75, 3.05) is 11.5 Å². The predicted octanol–water partition coefficient (Wildman–Crippen LogP) is 2.07. The van der Waals surface area contributed by atoms with Gasteiger partial charge in [-0.1, -0.05) is 11.8 Å². The number of thioether (sulfide) groups is 1. The third-order valence-electron chi connectivity index (χ3n) is 1.61. The van der Waals surface area contributed by atoms with Gasteiger partial charge in [-0.15, -0.1) is 0 Å². The normalized spacial score (nSPS) is 18.3. The molecule has 0 saturated carbocycles. The molecule has 0 fully saturated rings. The number of nitrogen functional groups attached to an aromatic ring is 1. The van der Waals surface area contributed by atoms with Crippen molar-refractivity contribution in [2.24, 2.45) is 9.98 Å². The molecule has 1 heterocycles. The molecule has 3 nitrogen and oxygen atoms in total. The van der Waals surface area contributed by atoms with E-state index in [0.717, 1.165) is 22.3 Å². The van der Waals surface area contributed by atoms with Gasteiger partial charge in [0.2, 0.25) is 0 Å². The van der Waals surface area contributed by atoms with Crippen molar-refractivity contribution in [1.82, 2.24) is 0 Å². The van der Waals surface area contributed by atoms with Crippen molar-refractivity contribution in [3.8, 4) is 0 Å². The molecular formula is C9H9N3S. The fourth-order valence-electron chi connectivity index (χ4n) is 0.985. The van der Waals surface area contributed by atoms with Crippen LogP contribution in [-0.4, -0.2) is 17.1 Å². The summed E-state index contributed by atoms with van der Waals surface area (Å²) in [6.07, 6.45) is 1.86. The number of nitrogens with two attached hydrogens (primary N) is 1. The quantitative estimate of drug-likeness (QED) is 0.691. The van der Waals surface area contributed by atoms with Crippen LogP contribution < -0.4 is 5.73 Å². The first-order valence-corrected chi connectivity index (χ1v) is 4.93. The zero-order valence-corrected chi connectivity index (χ0v) is 7.79. The van der Waals surface area contributed by atoms with E-state index in [9.17, 15) is 0 Å². The maximum atomic E-state index is 5.55. The van der Waals surface area contributed by atoms with Gasteiger partial charge in [-0.2, -0.15) is 0 Å². The lowest BCUT2D eigenvalue weighted by Gasteiger charge is -1.95. The van der Waals surface area contributed by atoms with E-state index < -0.39 is 0 Å². The molecule has 0 unspecified atom stereocenters. The minimum atomic E-state index is 0.756. The average Bonchev–Trinajstić information content (AvgIpc) is 2.62. The highest BCUT2D eigenvalue weighted by molar-refractivity contribution is 8.14. The molecule has 0 aromatic heterocycles. The highest BCUT2D eigenvalue weighted by Crippen LogP contribution is 2.19. The van der Waals surface area contributed by atoms with Gasteiger partial charge in [0.1, 0.15) is 0 Å². The van der Waals surface area contributed by atoms with Gasteiger partial charge in [0.15, 0.2) is 5.17 Å². The molecule has 2 N–H and O–H groups in total. The van der Waals surface area contributed by atoms with Crippen molar-refractivity contribution in [3.05, 3.63) is 24.3 Å². The molecule has 0 atom stereocenters. The van der Waals surface area contributed by atoms with Gasteiger partial charge < -0.3 is 5.73 Å². The van der Waals surface area contributed by atoms with Gasteiger partial charge in [0.25, 0.3) is 0 Å². The molecule has 0 bridgehead atoms. The van der Waals surface area contributed by atoms with Crippen LogP contribution in [0.3, 0.4) is 0 Å². The summed E-state index contributed by atoms with van der Waals surface area (Å²) in [6.45, 7) is 0. The number of rotatable bonds is 1. The first kappa shape index (κ1) is 8.31. The van der Waals surface area contributed by atoms with E-state index in [2.05, 4.69) is 9.98 Å². The van der Waals surface area contributed by atoms with Gasteiger partial charge >= 0.3 is 0 Å². The van der Waals surface area contributed by atoms with E-state index in [0.29, 0.717) is 0 Å². The van der Waals surface area contributed by atoms with E-state index in [1.54, 1.807) is 11.8 Å². The molecule has 0 amide bonds. The summed E-state index contributed by atoms with van der Waals surface area (Å²) >= 11 is 1.64. The highest BCUT2D eigenvalue weighted by atomic mass is 32.2. The van der Waals surface area contributed by atoms with E-state index in [1.165, 1.54) is 0 Å².